The third-order valence-corrected chi connectivity index (χ3v) is 3.50. The summed E-state index contributed by atoms with van der Waals surface area (Å²) in [6.07, 6.45) is 1.19. The van der Waals surface area contributed by atoms with Gasteiger partial charge in [0.1, 0.15) is 17.2 Å². The molecule has 4 nitrogen and oxygen atoms in total. The summed E-state index contributed by atoms with van der Waals surface area (Å²) in [4.78, 5) is 11.3. The minimum atomic E-state index is 0.0414. The van der Waals surface area contributed by atoms with Crippen LogP contribution in [-0.2, 0) is 11.2 Å². The van der Waals surface area contributed by atoms with E-state index in [1.807, 2.05) is 26.0 Å². The van der Waals surface area contributed by atoms with Crippen molar-refractivity contribution in [2.24, 2.45) is 0 Å². The highest BCUT2D eigenvalue weighted by Gasteiger charge is 2.09. The van der Waals surface area contributed by atoms with Gasteiger partial charge in [-0.2, -0.15) is 0 Å². The zero-order chi connectivity index (χ0) is 16.1. The van der Waals surface area contributed by atoms with Gasteiger partial charge in [0.15, 0.2) is 0 Å². The summed E-state index contributed by atoms with van der Waals surface area (Å²) in [5.74, 6) is 1.75. The summed E-state index contributed by atoms with van der Waals surface area (Å²) >= 11 is 0. The van der Waals surface area contributed by atoms with Crippen molar-refractivity contribution in [2.45, 2.75) is 26.7 Å². The van der Waals surface area contributed by atoms with E-state index in [1.165, 1.54) is 0 Å². The molecule has 22 heavy (non-hydrogen) atoms. The molecule has 0 atom stereocenters. The van der Waals surface area contributed by atoms with Gasteiger partial charge in [-0.3, -0.25) is 4.79 Å². The van der Waals surface area contributed by atoms with Crippen LogP contribution in [0.1, 0.15) is 23.1 Å². The van der Waals surface area contributed by atoms with Crippen LogP contribution in [0.5, 0.6) is 17.2 Å². The number of phenolic OH excluding ortho intramolecular Hbond substituents is 1. The molecule has 0 saturated carbocycles. The normalized spacial score (nSPS) is 10.3. The first-order valence-corrected chi connectivity index (χ1v) is 7.27. The van der Waals surface area contributed by atoms with Crippen LogP contribution in [0.15, 0.2) is 36.4 Å². The van der Waals surface area contributed by atoms with Gasteiger partial charge in [0.25, 0.3) is 0 Å². The lowest BCUT2D eigenvalue weighted by molar-refractivity contribution is -0.120. The molecule has 0 radical (unpaired) electrons. The van der Waals surface area contributed by atoms with Crippen molar-refractivity contribution in [3.05, 3.63) is 53.1 Å². The van der Waals surface area contributed by atoms with Gasteiger partial charge in [0.2, 0.25) is 5.91 Å². The fourth-order valence-corrected chi connectivity index (χ4v) is 2.36. The zero-order valence-corrected chi connectivity index (χ0v) is 13.1. The minimum Gasteiger partial charge on any atom is -0.508 e. The Bertz CT molecular complexity index is 640. The molecular formula is C18H21NO3. The van der Waals surface area contributed by atoms with Crippen LogP contribution in [0.4, 0.5) is 0 Å². The van der Waals surface area contributed by atoms with Gasteiger partial charge in [-0.15, -0.1) is 0 Å². The number of hydrogen-bond acceptors (Lipinski definition) is 3. The van der Waals surface area contributed by atoms with Crippen molar-refractivity contribution in [2.75, 3.05) is 7.05 Å². The summed E-state index contributed by atoms with van der Waals surface area (Å²) in [5.41, 5.74) is 3.18. The van der Waals surface area contributed by atoms with Crippen molar-refractivity contribution in [3.8, 4) is 17.2 Å². The van der Waals surface area contributed by atoms with E-state index in [0.717, 1.165) is 22.4 Å². The molecule has 2 rings (SSSR count). The molecule has 1 amide bonds. The van der Waals surface area contributed by atoms with E-state index < -0.39 is 0 Å². The molecule has 4 heteroatoms. The lowest BCUT2D eigenvalue weighted by atomic mass is 10.0. The number of carbonyl (C=O) groups excluding carboxylic acids is 1. The van der Waals surface area contributed by atoms with Crippen LogP contribution in [0.25, 0.3) is 0 Å². The molecule has 0 heterocycles. The Morgan fingerprint density at radius 2 is 1.73 bits per heavy atom. The largest absolute Gasteiger partial charge is 0.508 e. The smallest absolute Gasteiger partial charge is 0.220 e. The fraction of sp³-hybridized carbons (Fsp3) is 0.278. The summed E-state index contributed by atoms with van der Waals surface area (Å²) in [5, 5.41) is 11.9. The first kappa shape index (κ1) is 15.9. The Kier molecular flexibility index (Phi) is 5.04. The molecule has 0 unspecified atom stereocenters. The molecule has 0 aliphatic carbocycles. The van der Waals surface area contributed by atoms with E-state index in [4.69, 9.17) is 4.74 Å². The fourth-order valence-electron chi connectivity index (χ4n) is 2.36. The van der Waals surface area contributed by atoms with Crippen LogP contribution in [0.3, 0.4) is 0 Å². The molecule has 0 aromatic heterocycles. The number of amides is 1. The molecule has 116 valence electrons. The number of benzene rings is 2. The molecule has 0 spiro atoms. The molecule has 0 fully saturated rings. The van der Waals surface area contributed by atoms with Crippen molar-refractivity contribution in [1.29, 1.82) is 0 Å². The van der Waals surface area contributed by atoms with Gasteiger partial charge >= 0.3 is 0 Å². The van der Waals surface area contributed by atoms with Crippen molar-refractivity contribution >= 4 is 5.91 Å². The zero-order valence-electron chi connectivity index (χ0n) is 13.1. The van der Waals surface area contributed by atoms with Gasteiger partial charge in [-0.1, -0.05) is 12.1 Å². The number of hydrogen-bond donors (Lipinski definition) is 2. The number of rotatable bonds is 5. The highest BCUT2D eigenvalue weighted by Crippen LogP contribution is 2.30. The molecule has 0 aliphatic heterocycles. The molecule has 2 N–H and O–H groups in total. The Hall–Kier alpha value is -2.49. The van der Waals surface area contributed by atoms with E-state index in [9.17, 15) is 9.90 Å². The van der Waals surface area contributed by atoms with Crippen LogP contribution >= 0.6 is 0 Å². The maximum Gasteiger partial charge on any atom is 0.220 e. The lowest BCUT2D eigenvalue weighted by Crippen LogP contribution is -2.17. The highest BCUT2D eigenvalue weighted by atomic mass is 16.5. The third kappa shape index (κ3) is 4.01. The molecular weight excluding hydrogens is 278 g/mol. The maximum absolute atomic E-state index is 11.3. The Balaban J connectivity index is 2.16. The summed E-state index contributed by atoms with van der Waals surface area (Å²) in [6.45, 7) is 3.98. The SMILES string of the molecule is CNC(=O)CCc1cc(C)c(Oc2ccc(O)cc2)c(C)c1. The average molecular weight is 299 g/mol. The van der Waals surface area contributed by atoms with E-state index in [2.05, 4.69) is 5.32 Å². The second kappa shape index (κ2) is 6.98. The number of aryl methyl sites for hydroxylation is 3. The number of ether oxygens (including phenoxy) is 1. The van der Waals surface area contributed by atoms with Crippen molar-refractivity contribution < 1.29 is 14.6 Å². The van der Waals surface area contributed by atoms with Crippen LogP contribution in [0.2, 0.25) is 0 Å². The number of carbonyl (C=O) groups is 1. The number of nitrogens with one attached hydrogen (secondary N) is 1. The van der Waals surface area contributed by atoms with Crippen LogP contribution in [-0.4, -0.2) is 18.1 Å². The second-order valence-electron chi connectivity index (χ2n) is 5.33. The number of aromatic hydroxyl groups is 1. The molecule has 0 bridgehead atoms. The van der Waals surface area contributed by atoms with Gasteiger partial charge in [-0.05, 0) is 61.2 Å². The summed E-state index contributed by atoms with van der Waals surface area (Å²) < 4.78 is 5.91. The van der Waals surface area contributed by atoms with Gasteiger partial charge < -0.3 is 15.2 Å². The van der Waals surface area contributed by atoms with Crippen LogP contribution < -0.4 is 10.1 Å². The topological polar surface area (TPSA) is 58.6 Å². The van der Waals surface area contributed by atoms with Crippen molar-refractivity contribution in [1.82, 2.24) is 5.32 Å². The molecule has 0 saturated heterocycles. The summed E-state index contributed by atoms with van der Waals surface area (Å²) in [6, 6.07) is 10.7. The molecule has 2 aromatic rings. The predicted molar refractivity (Wildman–Crippen MR) is 86.5 cm³/mol. The number of phenols is 1. The van der Waals surface area contributed by atoms with Gasteiger partial charge in [-0.25, -0.2) is 0 Å². The summed E-state index contributed by atoms with van der Waals surface area (Å²) in [7, 11) is 1.65. The Morgan fingerprint density at radius 1 is 1.14 bits per heavy atom. The molecule has 0 aliphatic rings. The first-order valence-electron chi connectivity index (χ1n) is 7.27. The third-order valence-electron chi connectivity index (χ3n) is 3.50. The Labute approximate surface area is 130 Å². The standard InChI is InChI=1S/C18H21NO3/c1-12-10-14(4-9-17(21)19-3)11-13(2)18(12)22-16-7-5-15(20)6-8-16/h5-8,10-11,20H,4,9H2,1-3H3,(H,19,21). The van der Waals surface area contributed by atoms with Crippen LogP contribution in [0, 0.1) is 13.8 Å². The second-order valence-corrected chi connectivity index (χ2v) is 5.33. The molecule has 2 aromatic carbocycles. The monoisotopic (exact) mass is 299 g/mol. The first-order chi connectivity index (χ1) is 10.5. The van der Waals surface area contributed by atoms with E-state index in [0.29, 0.717) is 18.6 Å². The quantitative estimate of drug-likeness (QED) is 0.888. The predicted octanol–water partition coefficient (Wildman–Crippen LogP) is 3.48. The lowest BCUT2D eigenvalue weighted by Gasteiger charge is -2.14. The van der Waals surface area contributed by atoms with E-state index in [-0.39, 0.29) is 11.7 Å². The van der Waals surface area contributed by atoms with Gasteiger partial charge in [0, 0.05) is 13.5 Å². The van der Waals surface area contributed by atoms with E-state index in [1.54, 1.807) is 31.3 Å². The maximum atomic E-state index is 11.3. The average Bonchev–Trinajstić information content (AvgIpc) is 2.50. The minimum absolute atomic E-state index is 0.0414. The Morgan fingerprint density at radius 3 is 2.27 bits per heavy atom. The highest BCUT2D eigenvalue weighted by molar-refractivity contribution is 5.75. The van der Waals surface area contributed by atoms with E-state index >= 15 is 0 Å². The van der Waals surface area contributed by atoms with Crippen molar-refractivity contribution in [3.63, 3.8) is 0 Å². The van der Waals surface area contributed by atoms with Gasteiger partial charge in [0.05, 0.1) is 0 Å².